The lowest BCUT2D eigenvalue weighted by Crippen LogP contribution is -2.50. The van der Waals surface area contributed by atoms with E-state index in [1.165, 1.54) is 6.08 Å². The molecule has 0 radical (unpaired) electrons. The van der Waals surface area contributed by atoms with Crippen LogP contribution in [0.15, 0.2) is 79.5 Å². The first-order chi connectivity index (χ1) is 21.3. The summed E-state index contributed by atoms with van der Waals surface area (Å²) >= 11 is 6.01. The van der Waals surface area contributed by atoms with Crippen molar-refractivity contribution in [1.29, 1.82) is 0 Å². The number of carbonyl (C=O) groups excluding carboxylic acids is 2. The quantitative estimate of drug-likeness (QED) is 0.251. The van der Waals surface area contributed by atoms with Gasteiger partial charge in [0.25, 0.3) is 0 Å². The number of nitrogens with one attached hydrogen (secondary N) is 3. The number of nitrogens with zero attached hydrogens (tertiary/aromatic N) is 4. The van der Waals surface area contributed by atoms with Crippen LogP contribution in [-0.4, -0.2) is 66.6 Å². The third kappa shape index (κ3) is 7.89. The molecule has 5 rings (SSSR count). The molecule has 3 aromatic rings. The Labute approximate surface area is 265 Å². The van der Waals surface area contributed by atoms with Crippen molar-refractivity contribution in [2.45, 2.75) is 57.3 Å². The standard InChI is InChI=1S/C34H42ClN7O2/c1-4-33(43)39-30-20-29(15-16-31(30)41-19-18-40(3)24(2)23-41)42(34(44)37-21-25-8-6-5-7-9-25)28-13-11-27(12-14-28)38-32-17-10-26(35)22-36-32/h4-10,15-17,20,22,24,27-28H,1,11-14,18-19,21,23H2,2-3H3,(H,36,38)(H,37,44)(H,39,43). The van der Waals surface area contributed by atoms with E-state index in [9.17, 15) is 9.59 Å². The van der Waals surface area contributed by atoms with Gasteiger partial charge in [-0.25, -0.2) is 9.78 Å². The highest BCUT2D eigenvalue weighted by atomic mass is 35.5. The van der Waals surface area contributed by atoms with Crippen molar-refractivity contribution in [3.63, 3.8) is 0 Å². The SMILES string of the molecule is C=CC(=O)Nc1cc(N(C(=O)NCc2ccccc2)C2CCC(Nc3ccc(Cl)cn3)CC2)ccc1N1CCN(C)C(C)C1. The number of pyridine rings is 1. The third-order valence-electron chi connectivity index (χ3n) is 8.65. The molecule has 3 amide bonds. The van der Waals surface area contributed by atoms with E-state index in [0.717, 1.165) is 68.1 Å². The predicted molar refractivity (Wildman–Crippen MR) is 180 cm³/mol. The Morgan fingerprint density at radius 3 is 2.52 bits per heavy atom. The molecule has 232 valence electrons. The number of urea groups is 1. The topological polar surface area (TPSA) is 92.8 Å². The molecule has 2 heterocycles. The summed E-state index contributed by atoms with van der Waals surface area (Å²) in [6, 6.07) is 20.0. The molecular weight excluding hydrogens is 574 g/mol. The Morgan fingerprint density at radius 2 is 1.84 bits per heavy atom. The fourth-order valence-corrected chi connectivity index (χ4v) is 6.11. The molecule has 0 bridgehead atoms. The van der Waals surface area contributed by atoms with Crippen LogP contribution >= 0.6 is 11.6 Å². The van der Waals surface area contributed by atoms with Crippen LogP contribution in [0.2, 0.25) is 5.02 Å². The molecule has 1 saturated carbocycles. The molecule has 44 heavy (non-hydrogen) atoms. The summed E-state index contributed by atoms with van der Waals surface area (Å²) in [6.07, 6.45) is 6.32. The molecule has 1 aromatic heterocycles. The van der Waals surface area contributed by atoms with E-state index >= 15 is 0 Å². The smallest absolute Gasteiger partial charge is 0.322 e. The number of carbonyl (C=O) groups is 2. The van der Waals surface area contributed by atoms with Gasteiger partial charge in [0.05, 0.1) is 16.4 Å². The van der Waals surface area contributed by atoms with Crippen molar-refractivity contribution in [1.82, 2.24) is 15.2 Å². The number of amides is 3. The predicted octanol–water partition coefficient (Wildman–Crippen LogP) is 6.14. The molecule has 9 nitrogen and oxygen atoms in total. The van der Waals surface area contributed by atoms with E-state index in [1.807, 2.05) is 65.6 Å². The van der Waals surface area contributed by atoms with Gasteiger partial charge in [0, 0.05) is 56.2 Å². The zero-order valence-corrected chi connectivity index (χ0v) is 26.3. The van der Waals surface area contributed by atoms with E-state index in [1.54, 1.807) is 6.20 Å². The molecule has 1 atom stereocenters. The van der Waals surface area contributed by atoms with Crippen molar-refractivity contribution in [3.05, 3.63) is 90.1 Å². The van der Waals surface area contributed by atoms with E-state index in [-0.39, 0.29) is 24.0 Å². The first-order valence-electron chi connectivity index (χ1n) is 15.3. The lowest BCUT2D eigenvalue weighted by atomic mass is 9.89. The first kappa shape index (κ1) is 31.3. The molecule has 2 fully saturated rings. The van der Waals surface area contributed by atoms with Crippen molar-refractivity contribution in [2.75, 3.05) is 47.1 Å². The van der Waals surface area contributed by atoms with E-state index in [0.29, 0.717) is 23.3 Å². The van der Waals surface area contributed by atoms with Crippen LogP contribution < -0.4 is 25.8 Å². The minimum Gasteiger partial charge on any atom is -0.367 e. The Bertz CT molecular complexity index is 1430. The zero-order chi connectivity index (χ0) is 31.1. The van der Waals surface area contributed by atoms with Gasteiger partial charge in [-0.1, -0.05) is 48.5 Å². The zero-order valence-electron chi connectivity index (χ0n) is 25.5. The molecule has 0 spiro atoms. The molecule has 10 heteroatoms. The second-order valence-electron chi connectivity index (χ2n) is 11.7. The number of piperazine rings is 1. The summed E-state index contributed by atoms with van der Waals surface area (Å²) in [5.74, 6) is 0.514. The van der Waals surface area contributed by atoms with Gasteiger partial charge in [-0.3, -0.25) is 9.69 Å². The summed E-state index contributed by atoms with van der Waals surface area (Å²) in [7, 11) is 2.13. The van der Waals surface area contributed by atoms with Crippen LogP contribution in [0.1, 0.15) is 38.2 Å². The Kier molecular flexibility index (Phi) is 10.4. The van der Waals surface area contributed by atoms with E-state index < -0.39 is 0 Å². The van der Waals surface area contributed by atoms with Crippen LogP contribution in [-0.2, 0) is 11.3 Å². The largest absolute Gasteiger partial charge is 0.367 e. The monoisotopic (exact) mass is 615 g/mol. The lowest BCUT2D eigenvalue weighted by molar-refractivity contribution is -0.111. The first-order valence-corrected chi connectivity index (χ1v) is 15.7. The van der Waals surface area contributed by atoms with Gasteiger partial charge in [0.2, 0.25) is 5.91 Å². The highest BCUT2D eigenvalue weighted by Gasteiger charge is 2.31. The van der Waals surface area contributed by atoms with Gasteiger partial charge in [0.1, 0.15) is 5.82 Å². The summed E-state index contributed by atoms with van der Waals surface area (Å²) in [5.41, 5.74) is 3.39. The molecule has 3 N–H and O–H groups in total. The highest BCUT2D eigenvalue weighted by Crippen LogP contribution is 2.36. The second kappa shape index (κ2) is 14.6. The number of anilines is 4. The minimum absolute atomic E-state index is 0.0144. The van der Waals surface area contributed by atoms with Crippen molar-refractivity contribution < 1.29 is 9.59 Å². The number of hydrogen-bond donors (Lipinski definition) is 3. The van der Waals surface area contributed by atoms with Crippen LogP contribution in [0.3, 0.4) is 0 Å². The van der Waals surface area contributed by atoms with Crippen LogP contribution in [0, 0.1) is 0 Å². The number of rotatable bonds is 9. The normalized spacial score (nSPS) is 20.4. The Hall–Kier alpha value is -4.08. The summed E-state index contributed by atoms with van der Waals surface area (Å²) < 4.78 is 0. The average Bonchev–Trinajstić information content (AvgIpc) is 3.04. The molecule has 1 aliphatic heterocycles. The van der Waals surface area contributed by atoms with Gasteiger partial charge in [-0.2, -0.15) is 0 Å². The third-order valence-corrected chi connectivity index (χ3v) is 8.87. The molecule has 1 unspecified atom stereocenters. The van der Waals surface area contributed by atoms with E-state index in [2.05, 4.69) is 51.3 Å². The minimum atomic E-state index is -0.284. The maximum absolute atomic E-state index is 13.9. The van der Waals surface area contributed by atoms with Crippen LogP contribution in [0.5, 0.6) is 0 Å². The summed E-state index contributed by atoms with van der Waals surface area (Å²) in [6.45, 7) is 8.89. The number of hydrogen-bond acceptors (Lipinski definition) is 6. The average molecular weight is 616 g/mol. The van der Waals surface area contributed by atoms with Crippen molar-refractivity contribution in [2.24, 2.45) is 0 Å². The van der Waals surface area contributed by atoms with Crippen molar-refractivity contribution in [3.8, 4) is 0 Å². The Balaban J connectivity index is 1.39. The van der Waals surface area contributed by atoms with Gasteiger partial charge >= 0.3 is 6.03 Å². The summed E-state index contributed by atoms with van der Waals surface area (Å²) in [4.78, 5) is 37.4. The number of likely N-dealkylation sites (N-methyl/N-ethyl adjacent to an activating group) is 1. The van der Waals surface area contributed by atoms with Gasteiger partial charge in [-0.05, 0) is 81.6 Å². The highest BCUT2D eigenvalue weighted by molar-refractivity contribution is 6.30. The summed E-state index contributed by atoms with van der Waals surface area (Å²) in [5, 5.41) is 10.3. The fourth-order valence-electron chi connectivity index (χ4n) is 6.00. The Morgan fingerprint density at radius 1 is 1.07 bits per heavy atom. The molecule has 2 aliphatic rings. The molecule has 1 saturated heterocycles. The molecule has 2 aromatic carbocycles. The molecule has 1 aliphatic carbocycles. The van der Waals surface area contributed by atoms with Crippen molar-refractivity contribution >= 4 is 46.4 Å². The molecular formula is C34H42ClN7O2. The maximum Gasteiger partial charge on any atom is 0.322 e. The van der Waals surface area contributed by atoms with Gasteiger partial charge in [-0.15, -0.1) is 0 Å². The maximum atomic E-state index is 13.9. The second-order valence-corrected chi connectivity index (χ2v) is 12.1. The lowest BCUT2D eigenvalue weighted by Gasteiger charge is -2.40. The number of aromatic nitrogens is 1. The van der Waals surface area contributed by atoms with E-state index in [4.69, 9.17) is 11.6 Å². The fraction of sp³-hybridized carbons (Fsp3) is 0.382. The number of benzene rings is 2. The van der Waals surface area contributed by atoms with Crippen LogP contribution in [0.4, 0.5) is 27.7 Å². The van der Waals surface area contributed by atoms with Gasteiger partial charge < -0.3 is 25.8 Å². The number of halogens is 1. The van der Waals surface area contributed by atoms with Gasteiger partial charge in [0.15, 0.2) is 0 Å². The van der Waals surface area contributed by atoms with Crippen LogP contribution in [0.25, 0.3) is 0 Å².